The largest absolute Gasteiger partial charge is 0.331 e. The van der Waals surface area contributed by atoms with Gasteiger partial charge in [0.2, 0.25) is 0 Å². The average molecular weight is 173 g/mol. The summed E-state index contributed by atoms with van der Waals surface area (Å²) in [4.78, 5) is 14.8. The van der Waals surface area contributed by atoms with E-state index in [2.05, 4.69) is 5.32 Å². The number of nitrogens with one attached hydrogen (secondary N) is 1. The Kier molecular flexibility index (Phi) is 5.45. The number of rotatable bonds is 4. The van der Waals surface area contributed by atoms with Gasteiger partial charge < -0.3 is 15.1 Å². The van der Waals surface area contributed by atoms with E-state index >= 15 is 0 Å². The molecule has 0 saturated carbocycles. The third-order valence-electron chi connectivity index (χ3n) is 1.67. The SMILES string of the molecule is CCN(CCNC)C(=O)N(C)C. The van der Waals surface area contributed by atoms with Crippen LogP contribution in [0.5, 0.6) is 0 Å². The van der Waals surface area contributed by atoms with Gasteiger partial charge in [-0.3, -0.25) is 0 Å². The van der Waals surface area contributed by atoms with E-state index in [4.69, 9.17) is 0 Å². The Bertz CT molecular complexity index is 136. The minimum atomic E-state index is 0.0766. The van der Waals surface area contributed by atoms with Crippen LogP contribution in [0.1, 0.15) is 6.92 Å². The lowest BCUT2D eigenvalue weighted by Gasteiger charge is -2.24. The lowest BCUT2D eigenvalue weighted by molar-refractivity contribution is 0.174. The summed E-state index contributed by atoms with van der Waals surface area (Å²) in [5, 5.41) is 3.01. The fourth-order valence-corrected chi connectivity index (χ4v) is 0.919. The number of carbonyl (C=O) groups is 1. The number of nitrogens with zero attached hydrogens (tertiary/aromatic N) is 2. The topological polar surface area (TPSA) is 35.6 Å². The van der Waals surface area contributed by atoms with Gasteiger partial charge in [0, 0.05) is 33.7 Å². The number of urea groups is 1. The molecule has 0 aliphatic rings. The van der Waals surface area contributed by atoms with Crippen LogP contribution in [0.4, 0.5) is 4.79 Å². The first-order valence-electron chi connectivity index (χ1n) is 4.24. The van der Waals surface area contributed by atoms with Gasteiger partial charge in [0.1, 0.15) is 0 Å². The summed E-state index contributed by atoms with van der Waals surface area (Å²) in [5.41, 5.74) is 0. The first kappa shape index (κ1) is 11.2. The Morgan fingerprint density at radius 3 is 2.33 bits per heavy atom. The number of hydrogen-bond acceptors (Lipinski definition) is 2. The number of carbonyl (C=O) groups excluding carboxylic acids is 1. The molecule has 1 N–H and O–H groups in total. The van der Waals surface area contributed by atoms with E-state index in [1.54, 1.807) is 23.9 Å². The Balaban J connectivity index is 3.88. The van der Waals surface area contributed by atoms with E-state index in [0.29, 0.717) is 0 Å². The molecule has 0 spiro atoms. The summed E-state index contributed by atoms with van der Waals surface area (Å²) < 4.78 is 0. The van der Waals surface area contributed by atoms with Gasteiger partial charge in [-0.25, -0.2) is 4.79 Å². The van der Waals surface area contributed by atoms with E-state index in [1.807, 2.05) is 14.0 Å². The summed E-state index contributed by atoms with van der Waals surface area (Å²) in [6, 6.07) is 0.0766. The highest BCUT2D eigenvalue weighted by molar-refractivity contribution is 5.73. The molecule has 0 atom stereocenters. The average Bonchev–Trinajstić information content (AvgIpc) is 2.05. The summed E-state index contributed by atoms with van der Waals surface area (Å²) in [7, 11) is 5.42. The van der Waals surface area contributed by atoms with Gasteiger partial charge in [0.05, 0.1) is 0 Å². The Morgan fingerprint density at radius 1 is 1.42 bits per heavy atom. The zero-order valence-electron chi connectivity index (χ0n) is 8.42. The van der Waals surface area contributed by atoms with Gasteiger partial charge in [-0.05, 0) is 14.0 Å². The summed E-state index contributed by atoms with van der Waals surface area (Å²) in [6.45, 7) is 4.35. The highest BCUT2D eigenvalue weighted by atomic mass is 16.2. The van der Waals surface area contributed by atoms with Crippen LogP contribution in [0.25, 0.3) is 0 Å². The third kappa shape index (κ3) is 3.57. The molecule has 0 radical (unpaired) electrons. The van der Waals surface area contributed by atoms with Crippen molar-refractivity contribution in [3.8, 4) is 0 Å². The predicted octanol–water partition coefficient (Wildman–Crippen LogP) is 0.209. The van der Waals surface area contributed by atoms with Crippen molar-refractivity contribution in [3.05, 3.63) is 0 Å². The molecule has 0 heterocycles. The van der Waals surface area contributed by atoms with E-state index < -0.39 is 0 Å². The standard InChI is InChI=1S/C8H19N3O/c1-5-11(7-6-9-2)8(12)10(3)4/h9H,5-7H2,1-4H3. The maximum Gasteiger partial charge on any atom is 0.319 e. The second-order valence-electron chi connectivity index (χ2n) is 2.86. The fourth-order valence-electron chi connectivity index (χ4n) is 0.919. The first-order chi connectivity index (χ1) is 5.63. The van der Waals surface area contributed by atoms with Gasteiger partial charge in [0.25, 0.3) is 0 Å². The molecule has 0 unspecified atom stereocenters. The molecule has 0 aromatic heterocycles. The van der Waals surface area contributed by atoms with Crippen LogP contribution in [0.15, 0.2) is 0 Å². The number of amides is 2. The smallest absolute Gasteiger partial charge is 0.319 e. The molecule has 0 bridgehead atoms. The van der Waals surface area contributed by atoms with E-state index in [1.165, 1.54) is 0 Å². The van der Waals surface area contributed by atoms with Crippen LogP contribution >= 0.6 is 0 Å². The van der Waals surface area contributed by atoms with Crippen LogP contribution in [-0.2, 0) is 0 Å². The molecule has 0 rings (SSSR count). The molecule has 0 aromatic carbocycles. The number of hydrogen-bond donors (Lipinski definition) is 1. The molecular weight excluding hydrogens is 154 g/mol. The first-order valence-corrected chi connectivity index (χ1v) is 4.24. The highest BCUT2D eigenvalue weighted by Gasteiger charge is 2.11. The quantitative estimate of drug-likeness (QED) is 0.659. The van der Waals surface area contributed by atoms with Crippen molar-refractivity contribution in [3.63, 3.8) is 0 Å². The second-order valence-corrected chi connectivity index (χ2v) is 2.86. The van der Waals surface area contributed by atoms with Crippen molar-refractivity contribution in [2.24, 2.45) is 0 Å². The van der Waals surface area contributed by atoms with Crippen molar-refractivity contribution in [2.75, 3.05) is 40.8 Å². The molecule has 4 nitrogen and oxygen atoms in total. The lowest BCUT2D eigenvalue weighted by Crippen LogP contribution is -2.42. The summed E-state index contributed by atoms with van der Waals surface area (Å²) >= 11 is 0. The highest BCUT2D eigenvalue weighted by Crippen LogP contribution is 1.92. The molecule has 0 saturated heterocycles. The zero-order valence-corrected chi connectivity index (χ0v) is 8.42. The van der Waals surface area contributed by atoms with Crippen molar-refractivity contribution < 1.29 is 4.79 Å². The van der Waals surface area contributed by atoms with Gasteiger partial charge in [-0.15, -0.1) is 0 Å². The van der Waals surface area contributed by atoms with Crippen molar-refractivity contribution in [1.82, 2.24) is 15.1 Å². The Labute approximate surface area is 74.5 Å². The molecule has 0 aliphatic heterocycles. The monoisotopic (exact) mass is 173 g/mol. The van der Waals surface area contributed by atoms with Crippen molar-refractivity contribution in [2.45, 2.75) is 6.92 Å². The van der Waals surface area contributed by atoms with Gasteiger partial charge in [0.15, 0.2) is 0 Å². The lowest BCUT2D eigenvalue weighted by atomic mass is 10.5. The van der Waals surface area contributed by atoms with E-state index in [0.717, 1.165) is 19.6 Å². The Morgan fingerprint density at radius 2 is 2.00 bits per heavy atom. The van der Waals surface area contributed by atoms with Crippen LogP contribution in [0.3, 0.4) is 0 Å². The van der Waals surface area contributed by atoms with Crippen LogP contribution in [-0.4, -0.2) is 56.6 Å². The molecular formula is C8H19N3O. The normalized spacial score (nSPS) is 9.67. The molecule has 0 aliphatic carbocycles. The zero-order chi connectivity index (χ0) is 9.56. The predicted molar refractivity (Wildman–Crippen MR) is 50.3 cm³/mol. The maximum atomic E-state index is 11.4. The third-order valence-corrected chi connectivity index (χ3v) is 1.67. The van der Waals surface area contributed by atoms with Gasteiger partial charge >= 0.3 is 6.03 Å². The molecule has 4 heteroatoms. The fraction of sp³-hybridized carbons (Fsp3) is 0.875. The number of likely N-dealkylation sites (N-methyl/N-ethyl adjacent to an activating group) is 2. The van der Waals surface area contributed by atoms with Gasteiger partial charge in [-0.2, -0.15) is 0 Å². The minimum Gasteiger partial charge on any atom is -0.331 e. The van der Waals surface area contributed by atoms with E-state index in [-0.39, 0.29) is 6.03 Å². The maximum absolute atomic E-state index is 11.4. The summed E-state index contributed by atoms with van der Waals surface area (Å²) in [6.07, 6.45) is 0. The van der Waals surface area contributed by atoms with Crippen molar-refractivity contribution in [1.29, 1.82) is 0 Å². The van der Waals surface area contributed by atoms with Crippen LogP contribution < -0.4 is 5.32 Å². The summed E-state index contributed by atoms with van der Waals surface area (Å²) in [5.74, 6) is 0. The molecule has 2 amide bonds. The molecule has 72 valence electrons. The van der Waals surface area contributed by atoms with Crippen molar-refractivity contribution >= 4 is 6.03 Å². The Hall–Kier alpha value is -0.770. The minimum absolute atomic E-state index is 0.0766. The molecule has 12 heavy (non-hydrogen) atoms. The van der Waals surface area contributed by atoms with E-state index in [9.17, 15) is 4.79 Å². The van der Waals surface area contributed by atoms with Crippen LogP contribution in [0.2, 0.25) is 0 Å². The molecule has 0 fully saturated rings. The molecule has 0 aromatic rings. The van der Waals surface area contributed by atoms with Gasteiger partial charge in [-0.1, -0.05) is 0 Å². The second kappa shape index (κ2) is 5.83. The van der Waals surface area contributed by atoms with Crippen LogP contribution in [0, 0.1) is 0 Å².